The molecule has 1 N–H and O–H groups in total. The van der Waals surface area contributed by atoms with Crippen LogP contribution in [0.5, 0.6) is 0 Å². The minimum atomic E-state index is 0.849. The summed E-state index contributed by atoms with van der Waals surface area (Å²) in [6.07, 6.45) is 1.92. The number of aliphatic imine (C=N–C) groups is 1. The van der Waals surface area contributed by atoms with Crippen molar-refractivity contribution in [2.45, 2.75) is 19.4 Å². The molecule has 1 aromatic heterocycles. The molecule has 0 saturated heterocycles. The first-order valence-corrected chi connectivity index (χ1v) is 8.93. The first-order valence-electron chi connectivity index (χ1n) is 7.94. The largest absolute Gasteiger partial charge is 0.465 e. The van der Waals surface area contributed by atoms with Crippen LogP contribution < -0.4 is 5.32 Å². The maximum Gasteiger partial charge on any atom is 0.161 e. The zero-order valence-electron chi connectivity index (χ0n) is 13.7. The molecule has 5 heteroatoms. The molecule has 1 aliphatic rings. The van der Waals surface area contributed by atoms with Crippen molar-refractivity contribution in [2.75, 3.05) is 31.7 Å². The minimum Gasteiger partial charge on any atom is -0.465 e. The fourth-order valence-electron chi connectivity index (χ4n) is 2.51. The number of nitrogens with zero attached hydrogens (tertiary/aromatic N) is 2. The maximum atomic E-state index is 5.86. The fraction of sp³-hybridized carbons (Fsp3) is 0.389. The molecule has 0 spiro atoms. The van der Waals surface area contributed by atoms with Crippen molar-refractivity contribution in [2.24, 2.45) is 4.99 Å². The highest BCUT2D eigenvalue weighted by molar-refractivity contribution is 8.14. The number of thioether (sulfide) groups is 1. The Morgan fingerprint density at radius 2 is 1.87 bits per heavy atom. The van der Waals surface area contributed by atoms with Gasteiger partial charge in [-0.05, 0) is 50.3 Å². The van der Waals surface area contributed by atoms with Crippen molar-refractivity contribution in [3.8, 4) is 0 Å². The third-order valence-electron chi connectivity index (χ3n) is 3.64. The van der Waals surface area contributed by atoms with E-state index in [2.05, 4.69) is 51.6 Å². The van der Waals surface area contributed by atoms with E-state index >= 15 is 0 Å². The molecule has 0 amide bonds. The summed E-state index contributed by atoms with van der Waals surface area (Å²) < 4.78 is 5.86. The van der Waals surface area contributed by atoms with Gasteiger partial charge in [0, 0.05) is 17.9 Å². The van der Waals surface area contributed by atoms with Crippen LogP contribution in [0, 0.1) is 0 Å². The molecule has 122 valence electrons. The van der Waals surface area contributed by atoms with Gasteiger partial charge in [-0.1, -0.05) is 23.9 Å². The quantitative estimate of drug-likeness (QED) is 0.878. The zero-order valence-corrected chi connectivity index (χ0v) is 14.5. The number of rotatable bonds is 6. The number of nitrogens with one attached hydrogen (secondary N) is 1. The Kier molecular flexibility index (Phi) is 5.41. The average molecular weight is 329 g/mol. The van der Waals surface area contributed by atoms with Crippen molar-refractivity contribution in [3.63, 3.8) is 0 Å². The van der Waals surface area contributed by atoms with Crippen LogP contribution >= 0.6 is 11.8 Å². The summed E-state index contributed by atoms with van der Waals surface area (Å²) in [6.45, 7) is 1.77. The minimum absolute atomic E-state index is 0.849. The van der Waals surface area contributed by atoms with Crippen LogP contribution in [-0.4, -0.2) is 36.5 Å². The van der Waals surface area contributed by atoms with E-state index in [1.54, 1.807) is 11.8 Å². The van der Waals surface area contributed by atoms with Crippen LogP contribution in [0.2, 0.25) is 0 Å². The highest BCUT2D eigenvalue weighted by atomic mass is 32.2. The highest BCUT2D eigenvalue weighted by Gasteiger charge is 2.07. The Morgan fingerprint density at radius 1 is 1.09 bits per heavy atom. The normalized spacial score (nSPS) is 14.3. The Hall–Kier alpha value is -1.72. The molecular formula is C18H23N3OS. The first-order chi connectivity index (χ1) is 11.2. The molecule has 4 nitrogen and oxygen atoms in total. The van der Waals surface area contributed by atoms with Crippen molar-refractivity contribution < 1.29 is 4.42 Å². The highest BCUT2D eigenvalue weighted by Crippen LogP contribution is 2.18. The van der Waals surface area contributed by atoms with E-state index in [-0.39, 0.29) is 0 Å². The molecule has 0 atom stereocenters. The molecule has 1 aliphatic heterocycles. The van der Waals surface area contributed by atoms with Gasteiger partial charge in [0.15, 0.2) is 5.17 Å². The van der Waals surface area contributed by atoms with E-state index in [9.17, 15) is 0 Å². The molecule has 0 radical (unpaired) electrons. The predicted molar refractivity (Wildman–Crippen MR) is 98.3 cm³/mol. The van der Waals surface area contributed by atoms with E-state index in [1.165, 1.54) is 5.56 Å². The van der Waals surface area contributed by atoms with Crippen LogP contribution in [0.3, 0.4) is 0 Å². The molecule has 1 aromatic carbocycles. The lowest BCUT2D eigenvalue weighted by Gasteiger charge is -2.07. The van der Waals surface area contributed by atoms with E-state index in [4.69, 9.17) is 4.42 Å². The van der Waals surface area contributed by atoms with Gasteiger partial charge >= 0.3 is 0 Å². The number of aryl methyl sites for hydroxylation is 2. The average Bonchev–Trinajstić information content (AvgIpc) is 3.18. The second-order valence-corrected chi connectivity index (χ2v) is 7.05. The monoisotopic (exact) mass is 329 g/mol. The fourth-order valence-corrected chi connectivity index (χ4v) is 3.26. The summed E-state index contributed by atoms with van der Waals surface area (Å²) in [5, 5.41) is 4.38. The topological polar surface area (TPSA) is 40.8 Å². The standard InChI is InChI=1S/C18H23N3OS/c1-21(2)13-17-10-9-16(22-17)8-5-14-3-6-15(7-4-14)20-18-19-11-12-23-18/h3-4,6-7,9-10H,5,8,11-13H2,1-2H3,(H,19,20). The Labute approximate surface area is 142 Å². The molecule has 0 fully saturated rings. The van der Waals surface area contributed by atoms with Gasteiger partial charge in [0.1, 0.15) is 11.5 Å². The smallest absolute Gasteiger partial charge is 0.161 e. The second-order valence-electron chi connectivity index (χ2n) is 5.96. The Balaban J connectivity index is 1.51. The number of hydrogen-bond acceptors (Lipinski definition) is 5. The SMILES string of the molecule is CN(C)Cc1ccc(CCc2ccc(NC3=NCCS3)cc2)o1. The molecule has 0 bridgehead atoms. The van der Waals surface area contributed by atoms with Crippen molar-refractivity contribution in [1.29, 1.82) is 0 Å². The lowest BCUT2D eigenvalue weighted by atomic mass is 10.1. The van der Waals surface area contributed by atoms with Gasteiger partial charge in [-0.25, -0.2) is 0 Å². The van der Waals surface area contributed by atoms with Gasteiger partial charge in [-0.3, -0.25) is 4.99 Å². The van der Waals surface area contributed by atoms with Gasteiger partial charge < -0.3 is 14.6 Å². The summed E-state index contributed by atoms with van der Waals surface area (Å²) in [5.74, 6) is 3.17. The number of furan rings is 1. The molecule has 23 heavy (non-hydrogen) atoms. The molecule has 0 saturated carbocycles. The van der Waals surface area contributed by atoms with Gasteiger partial charge in [0.2, 0.25) is 0 Å². The molecule has 2 heterocycles. The van der Waals surface area contributed by atoms with Gasteiger partial charge in [0.05, 0.1) is 13.1 Å². The van der Waals surface area contributed by atoms with Crippen LogP contribution in [0.1, 0.15) is 17.1 Å². The number of benzene rings is 1. The molecule has 3 rings (SSSR count). The summed E-state index contributed by atoms with van der Waals surface area (Å²) in [6, 6.07) is 12.7. The van der Waals surface area contributed by atoms with Crippen LogP contribution in [0.25, 0.3) is 0 Å². The van der Waals surface area contributed by atoms with E-state index in [0.29, 0.717) is 0 Å². The van der Waals surface area contributed by atoms with Crippen LogP contribution in [-0.2, 0) is 19.4 Å². The summed E-state index contributed by atoms with van der Waals surface area (Å²) in [4.78, 5) is 6.52. The summed E-state index contributed by atoms with van der Waals surface area (Å²) in [5.41, 5.74) is 2.43. The van der Waals surface area contributed by atoms with Gasteiger partial charge in [-0.2, -0.15) is 0 Å². The zero-order chi connectivity index (χ0) is 16.1. The van der Waals surface area contributed by atoms with Crippen molar-refractivity contribution in [1.82, 2.24) is 4.90 Å². The first kappa shape index (κ1) is 16.1. The van der Waals surface area contributed by atoms with E-state index in [1.807, 2.05) is 14.1 Å². The number of amidine groups is 1. The predicted octanol–water partition coefficient (Wildman–Crippen LogP) is 3.64. The lowest BCUT2D eigenvalue weighted by molar-refractivity contribution is 0.341. The lowest BCUT2D eigenvalue weighted by Crippen LogP contribution is -2.09. The Bertz CT molecular complexity index is 661. The maximum absolute atomic E-state index is 5.86. The van der Waals surface area contributed by atoms with Crippen LogP contribution in [0.15, 0.2) is 45.8 Å². The molecular weight excluding hydrogens is 306 g/mol. The van der Waals surface area contributed by atoms with E-state index < -0.39 is 0 Å². The van der Waals surface area contributed by atoms with Crippen LogP contribution in [0.4, 0.5) is 5.69 Å². The molecule has 2 aromatic rings. The Morgan fingerprint density at radius 3 is 2.57 bits per heavy atom. The third-order valence-corrected chi connectivity index (χ3v) is 4.53. The second kappa shape index (κ2) is 7.70. The van der Waals surface area contributed by atoms with Crippen molar-refractivity contribution in [3.05, 3.63) is 53.5 Å². The summed E-state index contributed by atoms with van der Waals surface area (Å²) in [7, 11) is 4.10. The number of hydrogen-bond donors (Lipinski definition) is 1. The summed E-state index contributed by atoms with van der Waals surface area (Å²) >= 11 is 1.78. The van der Waals surface area contributed by atoms with Crippen molar-refractivity contribution >= 4 is 22.6 Å². The van der Waals surface area contributed by atoms with E-state index in [0.717, 1.165) is 54.1 Å². The third kappa shape index (κ3) is 4.88. The van der Waals surface area contributed by atoms with Gasteiger partial charge in [-0.15, -0.1) is 0 Å². The van der Waals surface area contributed by atoms with Gasteiger partial charge in [0.25, 0.3) is 0 Å². The number of anilines is 1. The molecule has 0 unspecified atom stereocenters. The molecule has 0 aliphatic carbocycles.